The molecule has 2 heterocycles. The molecule has 0 aliphatic carbocycles. The van der Waals surface area contributed by atoms with Crippen LogP contribution in [0.5, 0.6) is 0 Å². The lowest BCUT2D eigenvalue weighted by Crippen LogP contribution is -1.78. The molecule has 0 bridgehead atoms. The summed E-state index contributed by atoms with van der Waals surface area (Å²) < 4.78 is 6.65. The lowest BCUT2D eigenvalue weighted by Gasteiger charge is -1.95. The minimum absolute atomic E-state index is 0.914. The molecule has 0 saturated carbocycles. The number of fused-ring (bicyclic) bond motifs is 1. The molecule has 1 aromatic carbocycles. The largest absolute Gasteiger partial charge is 0.464 e. The van der Waals surface area contributed by atoms with E-state index in [4.69, 9.17) is 4.42 Å². The molecule has 17 heavy (non-hydrogen) atoms. The Bertz CT molecular complexity index is 625. The van der Waals surface area contributed by atoms with Crippen LogP contribution < -0.4 is 0 Å². The average molecular weight is 243 g/mol. The van der Waals surface area contributed by atoms with Crippen LogP contribution in [-0.2, 0) is 6.42 Å². The number of nitrogens with zero attached hydrogens (tertiary/aromatic N) is 1. The third kappa shape index (κ3) is 1.98. The predicted molar refractivity (Wildman–Crippen MR) is 71.3 cm³/mol. The van der Waals surface area contributed by atoms with Gasteiger partial charge in [-0.05, 0) is 43.2 Å². The number of aryl methyl sites for hydroxylation is 1. The maximum absolute atomic E-state index is 5.41. The van der Waals surface area contributed by atoms with Crippen molar-refractivity contribution in [3.05, 3.63) is 41.6 Å². The normalized spacial score (nSPS) is 11.1. The molecule has 2 nitrogen and oxygen atoms in total. The first-order valence-corrected chi connectivity index (χ1v) is 6.62. The molecule has 0 aliphatic heterocycles. The summed E-state index contributed by atoms with van der Waals surface area (Å²) in [5.41, 5.74) is 2.21. The smallest absolute Gasteiger partial charge is 0.133 e. The van der Waals surface area contributed by atoms with Crippen molar-refractivity contribution in [1.82, 2.24) is 4.98 Å². The van der Waals surface area contributed by atoms with E-state index in [-0.39, 0.29) is 0 Å². The molecule has 86 valence electrons. The molecule has 3 rings (SSSR count). The third-order valence-electron chi connectivity index (χ3n) is 2.70. The van der Waals surface area contributed by atoms with E-state index in [1.165, 1.54) is 9.71 Å². The Labute approximate surface area is 104 Å². The molecule has 0 aliphatic rings. The van der Waals surface area contributed by atoms with Crippen molar-refractivity contribution >= 4 is 21.6 Å². The van der Waals surface area contributed by atoms with E-state index in [1.807, 2.05) is 12.1 Å². The number of aromatic nitrogens is 1. The maximum atomic E-state index is 5.41. The van der Waals surface area contributed by atoms with Crippen LogP contribution in [0.15, 0.2) is 41.0 Å². The molecule has 3 heteroatoms. The summed E-state index contributed by atoms with van der Waals surface area (Å²) in [5.74, 6) is 0.914. The summed E-state index contributed by atoms with van der Waals surface area (Å²) in [6, 6.07) is 10.2. The zero-order chi connectivity index (χ0) is 11.7. The highest BCUT2D eigenvalue weighted by Crippen LogP contribution is 2.28. The predicted octanol–water partition coefficient (Wildman–Crippen LogP) is 4.51. The zero-order valence-electron chi connectivity index (χ0n) is 9.64. The van der Waals surface area contributed by atoms with E-state index in [1.54, 1.807) is 17.6 Å². The van der Waals surface area contributed by atoms with E-state index in [2.05, 4.69) is 30.1 Å². The summed E-state index contributed by atoms with van der Waals surface area (Å²) in [7, 11) is 0. The molecule has 3 aromatic rings. The molecular weight excluding hydrogens is 230 g/mol. The van der Waals surface area contributed by atoms with Crippen LogP contribution in [-0.4, -0.2) is 4.98 Å². The molecule has 0 fully saturated rings. The Morgan fingerprint density at radius 1 is 1.29 bits per heavy atom. The molecule has 0 radical (unpaired) electrons. The number of rotatable bonds is 3. The Balaban J connectivity index is 2.06. The monoisotopic (exact) mass is 243 g/mol. The molecule has 0 unspecified atom stereocenters. The number of benzene rings is 1. The first-order valence-electron chi connectivity index (χ1n) is 5.80. The first-order chi connectivity index (χ1) is 8.36. The SMILES string of the molecule is CCCc1nc2ccc(-c3ccco3)cc2s1. The molecule has 0 saturated heterocycles. The van der Waals surface area contributed by atoms with Gasteiger partial charge in [0.25, 0.3) is 0 Å². The average Bonchev–Trinajstić information content (AvgIpc) is 2.96. The summed E-state index contributed by atoms with van der Waals surface area (Å²) in [4.78, 5) is 4.61. The van der Waals surface area contributed by atoms with Gasteiger partial charge in [-0.25, -0.2) is 4.98 Å². The van der Waals surface area contributed by atoms with Gasteiger partial charge in [-0.1, -0.05) is 6.92 Å². The standard InChI is InChI=1S/C14H13NOS/c1-2-4-14-15-11-7-6-10(9-13(11)17-14)12-5-3-8-16-12/h3,5-9H,2,4H2,1H3. The second-order valence-corrected chi connectivity index (χ2v) is 5.13. The van der Waals surface area contributed by atoms with E-state index < -0.39 is 0 Å². The fraction of sp³-hybridized carbons (Fsp3) is 0.214. The van der Waals surface area contributed by atoms with Crippen molar-refractivity contribution in [3.63, 3.8) is 0 Å². The fourth-order valence-electron chi connectivity index (χ4n) is 1.89. The van der Waals surface area contributed by atoms with Gasteiger partial charge < -0.3 is 4.42 Å². The van der Waals surface area contributed by atoms with Gasteiger partial charge in [-0.2, -0.15) is 0 Å². The third-order valence-corrected chi connectivity index (χ3v) is 3.78. The van der Waals surface area contributed by atoms with Crippen molar-refractivity contribution in [1.29, 1.82) is 0 Å². The van der Waals surface area contributed by atoms with Gasteiger partial charge in [0.15, 0.2) is 0 Å². The minimum atomic E-state index is 0.914. The highest BCUT2D eigenvalue weighted by Gasteiger charge is 2.06. The Morgan fingerprint density at radius 3 is 3.00 bits per heavy atom. The Kier molecular flexibility index (Phi) is 2.69. The van der Waals surface area contributed by atoms with E-state index in [0.717, 1.165) is 29.7 Å². The van der Waals surface area contributed by atoms with Crippen LogP contribution in [0.2, 0.25) is 0 Å². The van der Waals surface area contributed by atoms with Crippen molar-refractivity contribution < 1.29 is 4.42 Å². The lowest BCUT2D eigenvalue weighted by molar-refractivity contribution is 0.582. The van der Waals surface area contributed by atoms with Crippen molar-refractivity contribution in [2.24, 2.45) is 0 Å². The zero-order valence-corrected chi connectivity index (χ0v) is 10.5. The quantitative estimate of drug-likeness (QED) is 0.676. The minimum Gasteiger partial charge on any atom is -0.464 e. The lowest BCUT2D eigenvalue weighted by atomic mass is 10.2. The van der Waals surface area contributed by atoms with Gasteiger partial charge in [0, 0.05) is 5.56 Å². The van der Waals surface area contributed by atoms with Crippen LogP contribution in [0.4, 0.5) is 0 Å². The van der Waals surface area contributed by atoms with Gasteiger partial charge in [-0.15, -0.1) is 11.3 Å². The molecule has 0 N–H and O–H groups in total. The highest BCUT2D eigenvalue weighted by molar-refractivity contribution is 7.18. The number of hydrogen-bond acceptors (Lipinski definition) is 3. The second-order valence-electron chi connectivity index (χ2n) is 4.02. The molecule has 0 amide bonds. The van der Waals surface area contributed by atoms with Crippen LogP contribution in [0, 0.1) is 0 Å². The molecule has 0 atom stereocenters. The molecule has 0 spiro atoms. The van der Waals surface area contributed by atoms with E-state index in [0.29, 0.717) is 0 Å². The van der Waals surface area contributed by atoms with Gasteiger partial charge >= 0.3 is 0 Å². The summed E-state index contributed by atoms with van der Waals surface area (Å²) in [6.45, 7) is 2.18. The van der Waals surface area contributed by atoms with Crippen LogP contribution in [0.25, 0.3) is 21.5 Å². The second kappa shape index (κ2) is 4.34. The summed E-state index contributed by atoms with van der Waals surface area (Å²) in [5, 5.41) is 1.22. The summed E-state index contributed by atoms with van der Waals surface area (Å²) >= 11 is 1.78. The van der Waals surface area contributed by atoms with Gasteiger partial charge in [0.2, 0.25) is 0 Å². The van der Waals surface area contributed by atoms with Crippen molar-refractivity contribution in [2.75, 3.05) is 0 Å². The first kappa shape index (κ1) is 10.5. The van der Waals surface area contributed by atoms with Crippen LogP contribution in [0.3, 0.4) is 0 Å². The van der Waals surface area contributed by atoms with Gasteiger partial charge in [0.05, 0.1) is 21.5 Å². The number of furan rings is 1. The van der Waals surface area contributed by atoms with Gasteiger partial charge in [-0.3, -0.25) is 0 Å². The molecule has 2 aromatic heterocycles. The topological polar surface area (TPSA) is 26.0 Å². The Hall–Kier alpha value is -1.61. The van der Waals surface area contributed by atoms with Gasteiger partial charge in [0.1, 0.15) is 5.76 Å². The molecular formula is C14H13NOS. The highest BCUT2D eigenvalue weighted by atomic mass is 32.1. The number of hydrogen-bond donors (Lipinski definition) is 0. The summed E-state index contributed by atoms with van der Waals surface area (Å²) in [6.07, 6.45) is 3.91. The van der Waals surface area contributed by atoms with Crippen molar-refractivity contribution in [2.45, 2.75) is 19.8 Å². The Morgan fingerprint density at radius 2 is 2.24 bits per heavy atom. The maximum Gasteiger partial charge on any atom is 0.133 e. The fourth-order valence-corrected chi connectivity index (χ4v) is 3.00. The van der Waals surface area contributed by atoms with Crippen LogP contribution >= 0.6 is 11.3 Å². The number of thiazole rings is 1. The van der Waals surface area contributed by atoms with Crippen LogP contribution in [0.1, 0.15) is 18.4 Å². The van der Waals surface area contributed by atoms with Crippen molar-refractivity contribution in [3.8, 4) is 11.3 Å². The van der Waals surface area contributed by atoms with E-state index in [9.17, 15) is 0 Å². The van der Waals surface area contributed by atoms with E-state index >= 15 is 0 Å².